The number of imidazole rings is 1. The molecular weight excluding hydrogens is 390 g/mol. The average molecular weight is 411 g/mol. The number of hydrogen-bond acceptors (Lipinski definition) is 6. The van der Waals surface area contributed by atoms with Gasteiger partial charge in [-0.25, -0.2) is 4.98 Å². The zero-order valence-corrected chi connectivity index (χ0v) is 16.9. The Kier molecular flexibility index (Phi) is 5.41. The van der Waals surface area contributed by atoms with Gasteiger partial charge in [0.25, 0.3) is 11.1 Å². The van der Waals surface area contributed by atoms with Crippen molar-refractivity contribution in [3.05, 3.63) is 83.0 Å². The normalized spacial score (nSPS) is 12.9. The van der Waals surface area contributed by atoms with E-state index in [1.54, 1.807) is 6.07 Å². The summed E-state index contributed by atoms with van der Waals surface area (Å²) in [6, 6.07) is 4.45. The molecule has 0 radical (unpaired) electrons. The van der Waals surface area contributed by atoms with Gasteiger partial charge in [-0.3, -0.25) is 19.7 Å². The number of nitro groups is 1. The molecule has 0 saturated carbocycles. The fourth-order valence-corrected chi connectivity index (χ4v) is 3.02. The van der Waals surface area contributed by atoms with Crippen LogP contribution in [0.15, 0.2) is 34.1 Å². The summed E-state index contributed by atoms with van der Waals surface area (Å²) in [4.78, 5) is 48.1. The van der Waals surface area contributed by atoms with Crippen LogP contribution in [0.5, 0.6) is 5.75 Å². The van der Waals surface area contributed by atoms with Gasteiger partial charge < -0.3 is 19.7 Å². The first kappa shape index (κ1) is 20.8. The van der Waals surface area contributed by atoms with Gasteiger partial charge in [0.05, 0.1) is 29.6 Å². The maximum atomic E-state index is 12.5. The number of nitro benzene ring substituents is 1. The van der Waals surface area contributed by atoms with Crippen molar-refractivity contribution in [2.24, 2.45) is 0 Å². The number of methoxy groups -OCH3 is 1. The molecular formula is C20H21N5O5. The molecule has 0 aliphatic heterocycles. The van der Waals surface area contributed by atoms with Crippen molar-refractivity contribution in [1.82, 2.24) is 19.9 Å². The Bertz CT molecular complexity index is 1340. The topological polar surface area (TPSA) is 147 Å². The van der Waals surface area contributed by atoms with Gasteiger partial charge in [0.15, 0.2) is 5.75 Å². The number of nitrogens with zero attached hydrogens (tertiary/aromatic N) is 2. The van der Waals surface area contributed by atoms with Crippen molar-refractivity contribution in [2.75, 3.05) is 7.11 Å². The second kappa shape index (κ2) is 7.82. The average Bonchev–Trinajstić information content (AvgIpc) is 3.14. The molecule has 0 amide bonds. The van der Waals surface area contributed by atoms with Gasteiger partial charge in [-0.15, -0.1) is 0 Å². The van der Waals surface area contributed by atoms with Crippen LogP contribution in [0, 0.1) is 10.1 Å². The van der Waals surface area contributed by atoms with E-state index in [0.717, 1.165) is 5.69 Å². The highest BCUT2D eigenvalue weighted by Gasteiger charge is 2.20. The van der Waals surface area contributed by atoms with Crippen molar-refractivity contribution in [3.63, 3.8) is 0 Å². The lowest BCUT2D eigenvalue weighted by Crippen LogP contribution is -2.46. The first-order chi connectivity index (χ1) is 14.1. The number of hydrogen-bond donors (Lipinski definition) is 3. The summed E-state index contributed by atoms with van der Waals surface area (Å²) in [7, 11) is 1.31. The number of aromatic nitrogens is 4. The van der Waals surface area contributed by atoms with Gasteiger partial charge in [0, 0.05) is 11.1 Å². The fourth-order valence-electron chi connectivity index (χ4n) is 3.02. The molecule has 0 aliphatic carbocycles. The molecule has 10 heteroatoms. The molecule has 2 heterocycles. The Morgan fingerprint density at radius 3 is 2.30 bits per heavy atom. The summed E-state index contributed by atoms with van der Waals surface area (Å²) >= 11 is 0. The van der Waals surface area contributed by atoms with Gasteiger partial charge in [-0.2, -0.15) is 0 Å². The van der Waals surface area contributed by atoms with Crippen LogP contribution < -0.4 is 26.6 Å². The van der Waals surface area contributed by atoms with E-state index >= 15 is 0 Å². The minimum atomic E-state index is -0.606. The van der Waals surface area contributed by atoms with Gasteiger partial charge in [-0.05, 0) is 24.3 Å². The third kappa shape index (κ3) is 4.07. The quantitative estimate of drug-likeness (QED) is 0.424. The second-order valence-corrected chi connectivity index (χ2v) is 7.59. The molecule has 10 nitrogen and oxygen atoms in total. The smallest absolute Gasteiger partial charge is 0.318 e. The number of benzene rings is 1. The van der Waals surface area contributed by atoms with Crippen molar-refractivity contribution >= 4 is 17.8 Å². The van der Waals surface area contributed by atoms with Crippen molar-refractivity contribution < 1.29 is 9.66 Å². The van der Waals surface area contributed by atoms with E-state index in [-0.39, 0.29) is 33.1 Å². The van der Waals surface area contributed by atoms with E-state index in [1.807, 2.05) is 20.8 Å². The third-order valence-corrected chi connectivity index (χ3v) is 4.42. The van der Waals surface area contributed by atoms with Crippen LogP contribution in [-0.4, -0.2) is 32.0 Å². The standard InChI is InChI=1S/C20H21N5O5/c1-20(2,3)17-12(21-10-22-17)9-14-19(27)23-13(18(26)24-14)8-11-6-5-7-15(30-4)16(11)25(28)29/h5-10H,1-4H3,(H,21,22)(H,23,27)(H,24,26)/b13-8-,14-9-. The number of nitrogens with one attached hydrogen (secondary N) is 3. The first-order valence-electron chi connectivity index (χ1n) is 9.03. The molecule has 30 heavy (non-hydrogen) atoms. The van der Waals surface area contributed by atoms with Crippen molar-refractivity contribution in [1.29, 1.82) is 0 Å². The molecule has 1 aromatic carbocycles. The lowest BCUT2D eigenvalue weighted by Gasteiger charge is -2.16. The lowest BCUT2D eigenvalue weighted by molar-refractivity contribution is -0.386. The molecule has 0 bridgehead atoms. The molecule has 3 aromatic rings. The summed E-state index contributed by atoms with van der Waals surface area (Å²) in [5.41, 5.74) is -0.245. The van der Waals surface area contributed by atoms with Gasteiger partial charge in [-0.1, -0.05) is 26.8 Å². The summed E-state index contributed by atoms with van der Waals surface area (Å²) in [6.07, 6.45) is 4.23. The molecule has 0 unspecified atom stereocenters. The van der Waals surface area contributed by atoms with Crippen molar-refractivity contribution in [3.8, 4) is 5.75 Å². The van der Waals surface area contributed by atoms with E-state index < -0.39 is 16.0 Å². The lowest BCUT2D eigenvalue weighted by atomic mass is 9.90. The monoisotopic (exact) mass is 411 g/mol. The number of ether oxygens (including phenoxy) is 1. The summed E-state index contributed by atoms with van der Waals surface area (Å²) in [6.45, 7) is 5.97. The Labute approximate surface area is 170 Å². The predicted molar refractivity (Wildman–Crippen MR) is 111 cm³/mol. The zero-order chi connectivity index (χ0) is 22.1. The second-order valence-electron chi connectivity index (χ2n) is 7.59. The van der Waals surface area contributed by atoms with Crippen LogP contribution in [0.2, 0.25) is 0 Å². The SMILES string of the molecule is COc1cccc(/C=c2\[nH]c(=O)/c(=C/c3nc[nH]c3C(C)(C)C)[nH]c2=O)c1[N+](=O)[O-]. The van der Waals surface area contributed by atoms with Crippen LogP contribution in [0.4, 0.5) is 5.69 Å². The molecule has 0 atom stereocenters. The molecule has 0 spiro atoms. The molecule has 0 fully saturated rings. The van der Waals surface area contributed by atoms with Crippen molar-refractivity contribution in [2.45, 2.75) is 26.2 Å². The van der Waals surface area contributed by atoms with Crippen LogP contribution in [0.1, 0.15) is 37.7 Å². The minimum absolute atomic E-state index is 0.0230. The number of H-pyrrole nitrogens is 3. The maximum Gasteiger partial charge on any atom is 0.318 e. The largest absolute Gasteiger partial charge is 0.490 e. The number of para-hydroxylation sites is 1. The Morgan fingerprint density at radius 2 is 1.73 bits per heavy atom. The maximum absolute atomic E-state index is 12.5. The zero-order valence-electron chi connectivity index (χ0n) is 16.9. The minimum Gasteiger partial charge on any atom is -0.490 e. The third-order valence-electron chi connectivity index (χ3n) is 4.42. The number of aromatic amines is 3. The van der Waals surface area contributed by atoms with E-state index in [0.29, 0.717) is 5.69 Å². The van der Waals surface area contributed by atoms with E-state index in [1.165, 1.54) is 37.7 Å². The number of rotatable bonds is 4. The predicted octanol–water partition coefficient (Wildman–Crippen LogP) is 0.658. The molecule has 0 saturated heterocycles. The highest BCUT2D eigenvalue weighted by atomic mass is 16.6. The first-order valence-corrected chi connectivity index (χ1v) is 9.03. The Morgan fingerprint density at radius 1 is 1.10 bits per heavy atom. The summed E-state index contributed by atoms with van der Waals surface area (Å²) < 4.78 is 5.02. The van der Waals surface area contributed by atoms with Crippen LogP contribution in [0.25, 0.3) is 12.2 Å². The fraction of sp³-hybridized carbons (Fsp3) is 0.250. The Hall–Kier alpha value is -3.95. The van der Waals surface area contributed by atoms with Crippen LogP contribution in [-0.2, 0) is 5.41 Å². The Balaban J connectivity index is 2.19. The molecule has 2 aromatic heterocycles. The molecule has 3 N–H and O–H groups in total. The van der Waals surface area contributed by atoms with Gasteiger partial charge in [0.1, 0.15) is 10.7 Å². The van der Waals surface area contributed by atoms with Gasteiger partial charge >= 0.3 is 5.69 Å². The van der Waals surface area contributed by atoms with E-state index in [9.17, 15) is 19.7 Å². The highest BCUT2D eigenvalue weighted by molar-refractivity contribution is 5.65. The van der Waals surface area contributed by atoms with Crippen LogP contribution in [0.3, 0.4) is 0 Å². The van der Waals surface area contributed by atoms with Crippen LogP contribution >= 0.6 is 0 Å². The molecule has 0 aliphatic rings. The summed E-state index contributed by atoms with van der Waals surface area (Å²) in [5.74, 6) is 0.0470. The molecule has 3 rings (SSSR count). The van der Waals surface area contributed by atoms with E-state index in [4.69, 9.17) is 4.74 Å². The summed E-state index contributed by atoms with van der Waals surface area (Å²) in [5, 5.41) is 11.3. The highest BCUT2D eigenvalue weighted by Crippen LogP contribution is 2.30. The van der Waals surface area contributed by atoms with Gasteiger partial charge in [0.2, 0.25) is 0 Å². The van der Waals surface area contributed by atoms with E-state index in [2.05, 4.69) is 19.9 Å². The molecule has 156 valence electrons.